The Bertz CT molecular complexity index is 602. The van der Waals surface area contributed by atoms with E-state index in [2.05, 4.69) is 43.2 Å². The average Bonchev–Trinajstić information content (AvgIpc) is 2.34. The lowest BCUT2D eigenvalue weighted by Crippen LogP contribution is -2.39. The predicted molar refractivity (Wildman–Crippen MR) is 79.2 cm³/mol. The Morgan fingerprint density at radius 1 is 0.889 bits per heavy atom. The molecule has 0 unspecified atom stereocenters. The summed E-state index contributed by atoms with van der Waals surface area (Å²) >= 11 is 0. The van der Waals surface area contributed by atoms with Crippen LogP contribution in [0.2, 0.25) is 19.6 Å². The van der Waals surface area contributed by atoms with Gasteiger partial charge in [-0.05, 0) is 23.4 Å². The zero-order valence-electron chi connectivity index (χ0n) is 10.9. The second kappa shape index (κ2) is 3.88. The van der Waals surface area contributed by atoms with Crippen LogP contribution < -0.4 is 15.2 Å². The third-order valence-corrected chi connectivity index (χ3v) is 5.20. The highest BCUT2D eigenvalue weighted by Crippen LogP contribution is 2.41. The van der Waals surface area contributed by atoms with Gasteiger partial charge in [-0.2, -0.15) is 0 Å². The number of benzene rings is 2. The first-order valence-corrected chi connectivity index (χ1v) is 9.73. The van der Waals surface area contributed by atoms with E-state index >= 15 is 0 Å². The second-order valence-electron chi connectivity index (χ2n) is 5.66. The van der Waals surface area contributed by atoms with Crippen molar-refractivity contribution in [1.82, 2.24) is 0 Å². The molecule has 2 aromatic rings. The monoisotopic (exact) mass is 255 g/mol. The third-order valence-electron chi connectivity index (χ3n) is 3.19. The van der Waals surface area contributed by atoms with E-state index in [1.54, 1.807) is 0 Å². The van der Waals surface area contributed by atoms with Crippen LogP contribution in [0, 0.1) is 0 Å². The zero-order valence-corrected chi connectivity index (χ0v) is 11.9. The molecule has 1 aliphatic rings. The van der Waals surface area contributed by atoms with Crippen LogP contribution >= 0.6 is 0 Å². The molecular formula is C15H17NOSi. The molecule has 1 heterocycles. The van der Waals surface area contributed by atoms with Crippen LogP contribution in [0.4, 0.5) is 11.4 Å². The molecule has 18 heavy (non-hydrogen) atoms. The summed E-state index contributed by atoms with van der Waals surface area (Å²) in [5, 5.41) is 4.81. The van der Waals surface area contributed by atoms with Crippen LogP contribution in [0.5, 0.6) is 11.5 Å². The molecule has 3 rings (SSSR count). The van der Waals surface area contributed by atoms with Crippen molar-refractivity contribution in [3.8, 4) is 11.5 Å². The largest absolute Gasteiger partial charge is 0.453 e. The maximum Gasteiger partial charge on any atom is 0.150 e. The molecule has 0 aromatic heterocycles. The number of anilines is 2. The normalized spacial score (nSPS) is 13.1. The van der Waals surface area contributed by atoms with Gasteiger partial charge in [0.25, 0.3) is 0 Å². The molecule has 0 spiro atoms. The standard InChI is InChI=1S/C15H17NOSi/c1-18(2,3)14-10-6-8-12-15(14)17-13-9-5-4-7-11(13)16-12/h4-10,16H,1-3H3. The Kier molecular flexibility index (Phi) is 2.45. The van der Waals surface area contributed by atoms with E-state index in [0.29, 0.717) is 0 Å². The summed E-state index contributed by atoms with van der Waals surface area (Å²) in [5.74, 6) is 1.92. The number of nitrogens with one attached hydrogen (secondary N) is 1. The lowest BCUT2D eigenvalue weighted by molar-refractivity contribution is 0.484. The number of hydrogen-bond donors (Lipinski definition) is 1. The number of fused-ring (bicyclic) bond motifs is 2. The van der Waals surface area contributed by atoms with E-state index in [4.69, 9.17) is 4.74 Å². The smallest absolute Gasteiger partial charge is 0.150 e. The Labute approximate surface area is 109 Å². The van der Waals surface area contributed by atoms with Gasteiger partial charge in [0.05, 0.1) is 19.4 Å². The van der Waals surface area contributed by atoms with E-state index in [-0.39, 0.29) is 0 Å². The number of ether oxygens (including phenoxy) is 1. The van der Waals surface area contributed by atoms with E-state index in [0.717, 1.165) is 22.9 Å². The summed E-state index contributed by atoms with van der Waals surface area (Å²) in [7, 11) is -1.40. The Morgan fingerprint density at radius 2 is 1.61 bits per heavy atom. The van der Waals surface area contributed by atoms with Crippen molar-refractivity contribution in [2.24, 2.45) is 0 Å². The van der Waals surface area contributed by atoms with Gasteiger partial charge in [-0.1, -0.05) is 43.9 Å². The fourth-order valence-electron chi connectivity index (χ4n) is 2.25. The number of para-hydroxylation sites is 3. The van der Waals surface area contributed by atoms with Crippen molar-refractivity contribution in [2.75, 3.05) is 5.32 Å². The molecule has 0 saturated carbocycles. The molecular weight excluding hydrogens is 238 g/mol. The first kappa shape index (κ1) is 11.4. The lowest BCUT2D eigenvalue weighted by Gasteiger charge is -2.27. The molecule has 0 aliphatic carbocycles. The lowest BCUT2D eigenvalue weighted by atomic mass is 10.2. The Hall–Kier alpha value is -1.74. The van der Waals surface area contributed by atoms with Gasteiger partial charge in [0, 0.05) is 0 Å². The fourth-order valence-corrected chi connectivity index (χ4v) is 3.71. The molecule has 0 saturated heterocycles. The molecule has 0 bridgehead atoms. The Balaban J connectivity index is 2.14. The fraction of sp³-hybridized carbons (Fsp3) is 0.200. The van der Waals surface area contributed by atoms with Crippen molar-refractivity contribution < 1.29 is 4.74 Å². The molecule has 92 valence electrons. The van der Waals surface area contributed by atoms with Crippen molar-refractivity contribution in [1.29, 1.82) is 0 Å². The van der Waals surface area contributed by atoms with Crippen molar-refractivity contribution in [2.45, 2.75) is 19.6 Å². The minimum atomic E-state index is -1.40. The summed E-state index contributed by atoms with van der Waals surface area (Å²) < 4.78 is 6.11. The highest BCUT2D eigenvalue weighted by atomic mass is 28.3. The molecule has 0 amide bonds. The molecule has 2 aromatic carbocycles. The summed E-state index contributed by atoms with van der Waals surface area (Å²) in [6, 6.07) is 14.4. The SMILES string of the molecule is C[Si](C)(C)c1cccc2c1Oc1ccccc1N2. The van der Waals surface area contributed by atoms with Gasteiger partial charge in [-0.25, -0.2) is 0 Å². The van der Waals surface area contributed by atoms with E-state index in [1.165, 1.54) is 5.19 Å². The number of rotatable bonds is 1. The maximum absolute atomic E-state index is 6.11. The minimum absolute atomic E-state index is 0.913. The van der Waals surface area contributed by atoms with Crippen molar-refractivity contribution in [3.63, 3.8) is 0 Å². The minimum Gasteiger partial charge on any atom is -0.453 e. The van der Waals surface area contributed by atoms with Crippen LogP contribution in [-0.2, 0) is 0 Å². The van der Waals surface area contributed by atoms with Gasteiger partial charge in [0.2, 0.25) is 0 Å². The van der Waals surface area contributed by atoms with Gasteiger partial charge in [0.15, 0.2) is 5.75 Å². The quantitative estimate of drug-likeness (QED) is 0.661. The van der Waals surface area contributed by atoms with E-state index in [9.17, 15) is 0 Å². The maximum atomic E-state index is 6.11. The van der Waals surface area contributed by atoms with Crippen LogP contribution in [0.25, 0.3) is 0 Å². The molecule has 1 aliphatic heterocycles. The van der Waals surface area contributed by atoms with Gasteiger partial charge in [-0.15, -0.1) is 0 Å². The molecule has 0 radical (unpaired) electrons. The zero-order chi connectivity index (χ0) is 12.8. The Morgan fingerprint density at radius 3 is 2.39 bits per heavy atom. The molecule has 3 heteroatoms. The van der Waals surface area contributed by atoms with Crippen molar-refractivity contribution in [3.05, 3.63) is 42.5 Å². The summed E-state index contributed by atoms with van der Waals surface area (Å²) in [6.07, 6.45) is 0. The molecule has 1 N–H and O–H groups in total. The molecule has 0 atom stereocenters. The van der Waals surface area contributed by atoms with Gasteiger partial charge >= 0.3 is 0 Å². The van der Waals surface area contributed by atoms with Crippen LogP contribution in [0.15, 0.2) is 42.5 Å². The second-order valence-corrected chi connectivity index (χ2v) is 10.7. The first-order chi connectivity index (χ1) is 8.55. The summed E-state index contributed by atoms with van der Waals surface area (Å²) in [5.41, 5.74) is 2.12. The van der Waals surface area contributed by atoms with Gasteiger partial charge in [0.1, 0.15) is 5.75 Å². The molecule has 0 fully saturated rings. The third kappa shape index (κ3) is 1.81. The van der Waals surface area contributed by atoms with E-state index in [1.807, 2.05) is 24.3 Å². The van der Waals surface area contributed by atoms with Gasteiger partial charge < -0.3 is 10.1 Å². The summed E-state index contributed by atoms with van der Waals surface area (Å²) in [4.78, 5) is 0. The molecule has 2 nitrogen and oxygen atoms in total. The first-order valence-electron chi connectivity index (χ1n) is 6.23. The van der Waals surface area contributed by atoms with Gasteiger partial charge in [-0.3, -0.25) is 0 Å². The highest BCUT2D eigenvalue weighted by molar-refractivity contribution is 6.89. The van der Waals surface area contributed by atoms with Crippen LogP contribution in [-0.4, -0.2) is 8.07 Å². The number of hydrogen-bond acceptors (Lipinski definition) is 2. The topological polar surface area (TPSA) is 21.3 Å². The van der Waals surface area contributed by atoms with Crippen LogP contribution in [0.3, 0.4) is 0 Å². The van der Waals surface area contributed by atoms with Crippen molar-refractivity contribution >= 4 is 24.6 Å². The average molecular weight is 255 g/mol. The summed E-state index contributed by atoms with van der Waals surface area (Å²) in [6.45, 7) is 7.02. The highest BCUT2D eigenvalue weighted by Gasteiger charge is 2.26. The van der Waals surface area contributed by atoms with Crippen LogP contribution in [0.1, 0.15) is 0 Å². The van der Waals surface area contributed by atoms with E-state index < -0.39 is 8.07 Å². The predicted octanol–water partition coefficient (Wildman–Crippen LogP) is 4.08.